The number of carbonyl (C=O) groups is 1. The van der Waals surface area contributed by atoms with Crippen molar-refractivity contribution in [1.82, 2.24) is 19.7 Å². The Morgan fingerprint density at radius 1 is 1.03 bits per heavy atom. The molecule has 0 bridgehead atoms. The van der Waals surface area contributed by atoms with Gasteiger partial charge in [-0.25, -0.2) is 9.97 Å². The van der Waals surface area contributed by atoms with Gasteiger partial charge in [-0.1, -0.05) is 12.1 Å². The summed E-state index contributed by atoms with van der Waals surface area (Å²) in [6, 6.07) is 10.3. The van der Waals surface area contributed by atoms with Gasteiger partial charge >= 0.3 is 6.18 Å². The zero-order valence-corrected chi connectivity index (χ0v) is 16.9. The molecule has 1 saturated carbocycles. The summed E-state index contributed by atoms with van der Waals surface area (Å²) in [5.41, 5.74) is -0.307. The second-order valence-corrected chi connectivity index (χ2v) is 7.59. The summed E-state index contributed by atoms with van der Waals surface area (Å²) in [6.07, 6.45) is -0.374. The molecule has 3 aromatic heterocycles. The van der Waals surface area contributed by atoms with Crippen molar-refractivity contribution in [2.45, 2.75) is 43.9 Å². The van der Waals surface area contributed by atoms with Crippen LogP contribution >= 0.6 is 0 Å². The summed E-state index contributed by atoms with van der Waals surface area (Å²) >= 11 is 0. The van der Waals surface area contributed by atoms with Gasteiger partial charge in [0.2, 0.25) is 0 Å². The molecule has 4 rings (SSSR count). The number of hydrogen-bond acceptors (Lipinski definition) is 5. The average Bonchev–Trinajstić information content (AvgIpc) is 3.21. The molecule has 0 saturated heterocycles. The first-order chi connectivity index (χ1) is 14.8. The maximum Gasteiger partial charge on any atom is 0.434 e. The standard InChI is InChI=1S/C21H23F3N6O/c1-25-17-5-2-4-15(28-17)20(31)27-14-10-8-13(9-11-14)26-18-6-3-7-19-29-16(12-30(18)19)21(22,23)24/h2-7,12-14,26H,8-11H2,1H3,(H,25,28)(H,27,31). The van der Waals surface area contributed by atoms with Crippen LogP contribution in [0.15, 0.2) is 42.6 Å². The number of imidazole rings is 1. The van der Waals surface area contributed by atoms with E-state index in [4.69, 9.17) is 0 Å². The smallest absolute Gasteiger partial charge is 0.373 e. The molecule has 1 amide bonds. The number of nitrogens with zero attached hydrogens (tertiary/aromatic N) is 3. The van der Waals surface area contributed by atoms with Crippen molar-refractivity contribution < 1.29 is 18.0 Å². The number of anilines is 2. The van der Waals surface area contributed by atoms with Crippen molar-refractivity contribution in [2.24, 2.45) is 0 Å². The third-order valence-corrected chi connectivity index (χ3v) is 5.43. The number of fused-ring (bicyclic) bond motifs is 1. The van der Waals surface area contributed by atoms with Crippen molar-refractivity contribution in [3.05, 3.63) is 54.0 Å². The zero-order chi connectivity index (χ0) is 22.0. The SMILES string of the molecule is CNc1cccc(C(=O)NC2CCC(Nc3cccc4nc(C(F)(F)F)cn34)CC2)n1. The maximum atomic E-state index is 13.0. The van der Waals surface area contributed by atoms with Gasteiger partial charge in [0.05, 0.1) is 0 Å². The lowest BCUT2D eigenvalue weighted by atomic mass is 9.91. The summed E-state index contributed by atoms with van der Waals surface area (Å²) in [7, 11) is 1.74. The Hall–Kier alpha value is -3.30. The van der Waals surface area contributed by atoms with Gasteiger partial charge in [-0.2, -0.15) is 13.2 Å². The third kappa shape index (κ3) is 4.73. The van der Waals surface area contributed by atoms with Crippen LogP contribution in [-0.4, -0.2) is 39.4 Å². The predicted octanol–water partition coefficient (Wildman–Crippen LogP) is 3.94. The van der Waals surface area contributed by atoms with Gasteiger partial charge in [0.25, 0.3) is 5.91 Å². The van der Waals surface area contributed by atoms with Crippen LogP contribution in [0.1, 0.15) is 41.9 Å². The third-order valence-electron chi connectivity index (χ3n) is 5.43. The van der Waals surface area contributed by atoms with Gasteiger partial charge in [-0.3, -0.25) is 9.20 Å². The molecule has 3 N–H and O–H groups in total. The molecule has 0 radical (unpaired) electrons. The number of pyridine rings is 2. The lowest BCUT2D eigenvalue weighted by Crippen LogP contribution is -2.40. The Morgan fingerprint density at radius 2 is 1.74 bits per heavy atom. The maximum absolute atomic E-state index is 13.0. The molecule has 10 heteroatoms. The van der Waals surface area contributed by atoms with Crippen molar-refractivity contribution in [1.29, 1.82) is 0 Å². The van der Waals surface area contributed by atoms with Crippen LogP contribution in [0.5, 0.6) is 0 Å². The Bertz CT molecular complexity index is 1070. The van der Waals surface area contributed by atoms with E-state index in [0.717, 1.165) is 31.9 Å². The van der Waals surface area contributed by atoms with Crippen molar-refractivity contribution in [3.8, 4) is 0 Å². The number of amides is 1. The lowest BCUT2D eigenvalue weighted by molar-refractivity contribution is -0.140. The van der Waals surface area contributed by atoms with E-state index in [1.165, 1.54) is 4.40 Å². The topological polar surface area (TPSA) is 83.4 Å². The molecule has 7 nitrogen and oxygen atoms in total. The first-order valence-electron chi connectivity index (χ1n) is 10.1. The van der Waals surface area contributed by atoms with E-state index in [9.17, 15) is 18.0 Å². The van der Waals surface area contributed by atoms with Crippen LogP contribution in [0.3, 0.4) is 0 Å². The average molecular weight is 432 g/mol. The lowest BCUT2D eigenvalue weighted by Gasteiger charge is -2.30. The van der Waals surface area contributed by atoms with E-state index in [1.54, 1.807) is 43.4 Å². The van der Waals surface area contributed by atoms with Gasteiger partial charge < -0.3 is 16.0 Å². The summed E-state index contributed by atoms with van der Waals surface area (Å²) in [6.45, 7) is 0. The fraction of sp³-hybridized carbons (Fsp3) is 0.381. The number of nitrogens with one attached hydrogen (secondary N) is 3. The van der Waals surface area contributed by atoms with Crippen LogP contribution in [0, 0.1) is 0 Å². The van der Waals surface area contributed by atoms with Gasteiger partial charge in [0.1, 0.15) is 23.0 Å². The molecule has 0 aliphatic heterocycles. The molecule has 0 atom stereocenters. The number of alkyl halides is 3. The molecular weight excluding hydrogens is 409 g/mol. The van der Waals surface area contributed by atoms with E-state index in [1.807, 2.05) is 0 Å². The Balaban J connectivity index is 1.36. The van der Waals surface area contributed by atoms with Crippen LogP contribution in [-0.2, 0) is 6.18 Å². The normalized spacial score (nSPS) is 19.2. The van der Waals surface area contributed by atoms with E-state index < -0.39 is 11.9 Å². The molecule has 3 heterocycles. The highest BCUT2D eigenvalue weighted by molar-refractivity contribution is 5.92. The van der Waals surface area contributed by atoms with E-state index in [-0.39, 0.29) is 23.6 Å². The molecule has 0 unspecified atom stereocenters. The molecule has 0 aromatic carbocycles. The first kappa shape index (κ1) is 21.0. The summed E-state index contributed by atoms with van der Waals surface area (Å²) < 4.78 is 40.4. The minimum absolute atomic E-state index is 0.0338. The zero-order valence-electron chi connectivity index (χ0n) is 16.9. The van der Waals surface area contributed by atoms with Crippen LogP contribution in [0.4, 0.5) is 24.8 Å². The molecule has 1 aliphatic rings. The molecule has 0 spiro atoms. The number of rotatable bonds is 5. The fourth-order valence-electron chi connectivity index (χ4n) is 3.82. The van der Waals surface area contributed by atoms with Crippen molar-refractivity contribution in [3.63, 3.8) is 0 Å². The molecule has 1 aliphatic carbocycles. The highest BCUT2D eigenvalue weighted by Gasteiger charge is 2.34. The van der Waals surface area contributed by atoms with Gasteiger partial charge in [0, 0.05) is 25.3 Å². The first-order valence-corrected chi connectivity index (χ1v) is 10.1. The van der Waals surface area contributed by atoms with Gasteiger partial charge in [0.15, 0.2) is 5.69 Å². The predicted molar refractivity (Wildman–Crippen MR) is 111 cm³/mol. The summed E-state index contributed by atoms with van der Waals surface area (Å²) in [5.74, 6) is 0.986. The molecular formula is C21H23F3N6O. The molecule has 164 valence electrons. The number of carbonyl (C=O) groups excluding carboxylic acids is 1. The van der Waals surface area contributed by atoms with Crippen LogP contribution in [0.25, 0.3) is 5.65 Å². The van der Waals surface area contributed by atoms with E-state index in [2.05, 4.69) is 25.9 Å². The van der Waals surface area contributed by atoms with E-state index in [0.29, 0.717) is 17.3 Å². The Labute approximate surface area is 177 Å². The van der Waals surface area contributed by atoms with Crippen molar-refractivity contribution >= 4 is 23.2 Å². The number of aromatic nitrogens is 3. The van der Waals surface area contributed by atoms with Crippen LogP contribution < -0.4 is 16.0 Å². The molecule has 1 fully saturated rings. The summed E-state index contributed by atoms with van der Waals surface area (Å²) in [4.78, 5) is 20.4. The number of hydrogen-bond donors (Lipinski definition) is 3. The Kier molecular flexibility index (Phi) is 5.71. The monoisotopic (exact) mass is 432 g/mol. The van der Waals surface area contributed by atoms with Crippen molar-refractivity contribution in [2.75, 3.05) is 17.7 Å². The minimum Gasteiger partial charge on any atom is -0.373 e. The quantitative estimate of drug-likeness (QED) is 0.569. The molecule has 31 heavy (non-hydrogen) atoms. The van der Waals surface area contributed by atoms with Gasteiger partial charge in [-0.05, 0) is 49.9 Å². The minimum atomic E-state index is -4.48. The second-order valence-electron chi connectivity index (χ2n) is 7.59. The largest absolute Gasteiger partial charge is 0.434 e. The van der Waals surface area contributed by atoms with Crippen LogP contribution in [0.2, 0.25) is 0 Å². The van der Waals surface area contributed by atoms with Gasteiger partial charge in [-0.15, -0.1) is 0 Å². The number of halogens is 3. The fourth-order valence-corrected chi connectivity index (χ4v) is 3.82. The van der Waals surface area contributed by atoms with E-state index >= 15 is 0 Å². The molecule has 3 aromatic rings. The second kappa shape index (κ2) is 8.44. The highest BCUT2D eigenvalue weighted by atomic mass is 19.4. The summed E-state index contributed by atoms with van der Waals surface area (Å²) in [5, 5.41) is 9.26. The highest BCUT2D eigenvalue weighted by Crippen LogP contribution is 2.30. The Morgan fingerprint density at radius 3 is 2.45 bits per heavy atom.